The van der Waals surface area contributed by atoms with Crippen LogP contribution in [0, 0.1) is 17.7 Å². The number of Topliss-reactive ketones (excluding diaryl/α,β-unsaturated/α-hetero) is 1. The van der Waals surface area contributed by atoms with Crippen molar-refractivity contribution in [3.05, 3.63) is 29.8 Å². The van der Waals surface area contributed by atoms with Gasteiger partial charge in [-0.3, -0.25) is 9.78 Å². The number of carbonyl (C=O) groups excluding carboxylic acids is 1. The summed E-state index contributed by atoms with van der Waals surface area (Å²) in [7, 11) is 0. The number of hydrogen-bond acceptors (Lipinski definition) is 2. The zero-order chi connectivity index (χ0) is 11.4. The first-order valence-electron chi connectivity index (χ1n) is 5.10. The normalized spacial score (nSPS) is 12.9. The van der Waals surface area contributed by atoms with Crippen molar-refractivity contribution in [3.8, 4) is 0 Å². The smallest absolute Gasteiger partial charge is 0.141 e. The highest BCUT2D eigenvalue weighted by Crippen LogP contribution is 2.18. The van der Waals surface area contributed by atoms with Gasteiger partial charge in [-0.2, -0.15) is 0 Å². The van der Waals surface area contributed by atoms with Crippen molar-refractivity contribution in [1.29, 1.82) is 0 Å². The lowest BCUT2D eigenvalue weighted by molar-refractivity contribution is -0.121. The summed E-state index contributed by atoms with van der Waals surface area (Å²) >= 11 is 0. The van der Waals surface area contributed by atoms with Gasteiger partial charge in [0.15, 0.2) is 0 Å². The van der Waals surface area contributed by atoms with Gasteiger partial charge < -0.3 is 0 Å². The summed E-state index contributed by atoms with van der Waals surface area (Å²) < 4.78 is 12.9. The molecule has 0 spiro atoms. The first kappa shape index (κ1) is 11.8. The molecule has 2 nitrogen and oxygen atoms in total. The minimum Gasteiger partial charge on any atom is -0.300 e. The van der Waals surface area contributed by atoms with Crippen LogP contribution >= 0.6 is 0 Å². The average molecular weight is 209 g/mol. The highest BCUT2D eigenvalue weighted by atomic mass is 19.1. The van der Waals surface area contributed by atoms with E-state index in [2.05, 4.69) is 4.98 Å². The van der Waals surface area contributed by atoms with Gasteiger partial charge in [-0.25, -0.2) is 4.39 Å². The van der Waals surface area contributed by atoms with Gasteiger partial charge in [-0.1, -0.05) is 13.8 Å². The van der Waals surface area contributed by atoms with Crippen molar-refractivity contribution in [2.24, 2.45) is 11.8 Å². The van der Waals surface area contributed by atoms with E-state index >= 15 is 0 Å². The van der Waals surface area contributed by atoms with E-state index in [1.54, 1.807) is 13.1 Å². The predicted molar refractivity (Wildman–Crippen MR) is 56.9 cm³/mol. The van der Waals surface area contributed by atoms with Gasteiger partial charge >= 0.3 is 0 Å². The number of nitrogens with zero attached hydrogens (tertiary/aromatic N) is 1. The monoisotopic (exact) mass is 209 g/mol. The molecule has 0 aliphatic rings. The highest BCUT2D eigenvalue weighted by Gasteiger charge is 2.18. The van der Waals surface area contributed by atoms with Crippen LogP contribution in [-0.2, 0) is 11.2 Å². The van der Waals surface area contributed by atoms with Gasteiger partial charge in [0.05, 0.1) is 6.20 Å². The quantitative estimate of drug-likeness (QED) is 0.763. The van der Waals surface area contributed by atoms with Gasteiger partial charge in [-0.15, -0.1) is 0 Å². The largest absolute Gasteiger partial charge is 0.300 e. The van der Waals surface area contributed by atoms with Crippen LogP contribution in [0.1, 0.15) is 26.3 Å². The molecule has 1 aromatic rings. The lowest BCUT2D eigenvalue weighted by Crippen LogP contribution is -2.20. The maximum absolute atomic E-state index is 12.9. The Kier molecular flexibility index (Phi) is 3.95. The molecule has 0 aliphatic heterocycles. The molecule has 0 saturated heterocycles. The molecule has 0 aromatic carbocycles. The van der Waals surface area contributed by atoms with Gasteiger partial charge in [0.25, 0.3) is 0 Å². The molecule has 3 heteroatoms. The Labute approximate surface area is 89.5 Å². The van der Waals surface area contributed by atoms with Crippen LogP contribution < -0.4 is 0 Å². The van der Waals surface area contributed by atoms with Crippen LogP contribution in [0.5, 0.6) is 0 Å². The average Bonchev–Trinajstić information content (AvgIpc) is 2.13. The minimum absolute atomic E-state index is 0.0476. The van der Waals surface area contributed by atoms with Crippen LogP contribution in [0.25, 0.3) is 0 Å². The van der Waals surface area contributed by atoms with E-state index in [4.69, 9.17) is 0 Å². The summed E-state index contributed by atoms with van der Waals surface area (Å²) in [6.07, 6.45) is 3.35. The SMILES string of the molecule is CC(=O)C(Cc1cncc(F)c1)C(C)C. The number of pyridine rings is 1. The first-order valence-corrected chi connectivity index (χ1v) is 5.10. The summed E-state index contributed by atoms with van der Waals surface area (Å²) in [6.45, 7) is 5.58. The van der Waals surface area contributed by atoms with E-state index < -0.39 is 0 Å². The number of aromatic nitrogens is 1. The van der Waals surface area contributed by atoms with Gasteiger partial charge in [0, 0.05) is 12.1 Å². The Bertz CT molecular complexity index is 349. The van der Waals surface area contributed by atoms with Gasteiger partial charge in [0.2, 0.25) is 0 Å². The summed E-state index contributed by atoms with van der Waals surface area (Å²) in [5.74, 6) is 0.0205. The second-order valence-electron chi connectivity index (χ2n) is 4.18. The molecule has 0 radical (unpaired) electrons. The number of carbonyl (C=O) groups is 1. The third-order valence-corrected chi connectivity index (χ3v) is 2.54. The Hall–Kier alpha value is -1.25. The van der Waals surface area contributed by atoms with E-state index in [0.717, 1.165) is 5.56 Å². The first-order chi connectivity index (χ1) is 7.00. The fourth-order valence-electron chi connectivity index (χ4n) is 1.67. The van der Waals surface area contributed by atoms with E-state index in [1.807, 2.05) is 13.8 Å². The Balaban J connectivity index is 2.79. The molecule has 0 N–H and O–H groups in total. The van der Waals surface area contributed by atoms with Crippen LogP contribution in [0.3, 0.4) is 0 Å². The number of hydrogen-bond donors (Lipinski definition) is 0. The Morgan fingerprint density at radius 1 is 1.47 bits per heavy atom. The third kappa shape index (κ3) is 3.42. The van der Waals surface area contributed by atoms with E-state index in [1.165, 1.54) is 12.3 Å². The van der Waals surface area contributed by atoms with Crippen LogP contribution in [0.15, 0.2) is 18.5 Å². The molecule has 0 bridgehead atoms. The molecular weight excluding hydrogens is 193 g/mol. The summed E-state index contributed by atoms with van der Waals surface area (Å²) in [5.41, 5.74) is 0.781. The molecule has 82 valence electrons. The fourth-order valence-corrected chi connectivity index (χ4v) is 1.67. The number of rotatable bonds is 4. The van der Waals surface area contributed by atoms with Crippen molar-refractivity contribution in [2.75, 3.05) is 0 Å². The molecule has 0 saturated carbocycles. The number of halogens is 1. The molecular formula is C12H16FNO. The van der Waals surface area contributed by atoms with Crippen LogP contribution in [0.4, 0.5) is 4.39 Å². The Morgan fingerprint density at radius 2 is 2.13 bits per heavy atom. The summed E-state index contributed by atoms with van der Waals surface area (Å²) in [5, 5.41) is 0. The summed E-state index contributed by atoms with van der Waals surface area (Å²) in [4.78, 5) is 15.1. The van der Waals surface area contributed by atoms with E-state index in [-0.39, 0.29) is 23.4 Å². The summed E-state index contributed by atoms with van der Waals surface area (Å²) in [6, 6.07) is 1.44. The maximum Gasteiger partial charge on any atom is 0.141 e. The van der Waals surface area contributed by atoms with Gasteiger partial charge in [0.1, 0.15) is 11.6 Å². The molecule has 0 amide bonds. The zero-order valence-corrected chi connectivity index (χ0v) is 9.33. The highest BCUT2D eigenvalue weighted by molar-refractivity contribution is 5.78. The molecule has 0 fully saturated rings. The van der Waals surface area contributed by atoms with Crippen LogP contribution in [0.2, 0.25) is 0 Å². The fraction of sp³-hybridized carbons (Fsp3) is 0.500. The Morgan fingerprint density at radius 3 is 2.60 bits per heavy atom. The maximum atomic E-state index is 12.9. The van der Waals surface area contributed by atoms with E-state index in [9.17, 15) is 9.18 Å². The lowest BCUT2D eigenvalue weighted by Gasteiger charge is -2.17. The van der Waals surface area contributed by atoms with Crippen molar-refractivity contribution >= 4 is 5.78 Å². The molecule has 1 heterocycles. The van der Waals surface area contributed by atoms with Crippen molar-refractivity contribution in [1.82, 2.24) is 4.98 Å². The standard InChI is InChI=1S/C12H16FNO/c1-8(2)12(9(3)15)5-10-4-11(13)7-14-6-10/h4,6-8,12H,5H2,1-3H3. The van der Waals surface area contributed by atoms with Crippen molar-refractivity contribution in [3.63, 3.8) is 0 Å². The predicted octanol–water partition coefficient (Wildman–Crippen LogP) is 2.62. The molecule has 1 aromatic heterocycles. The van der Waals surface area contributed by atoms with Gasteiger partial charge in [-0.05, 0) is 30.9 Å². The molecule has 1 rings (SSSR count). The molecule has 1 unspecified atom stereocenters. The molecule has 1 atom stereocenters. The number of ketones is 1. The van der Waals surface area contributed by atoms with Crippen LogP contribution in [-0.4, -0.2) is 10.8 Å². The molecule has 0 aliphatic carbocycles. The third-order valence-electron chi connectivity index (χ3n) is 2.54. The topological polar surface area (TPSA) is 30.0 Å². The van der Waals surface area contributed by atoms with Crippen molar-refractivity contribution in [2.45, 2.75) is 27.2 Å². The minimum atomic E-state index is -0.349. The second kappa shape index (κ2) is 5.01. The van der Waals surface area contributed by atoms with Crippen molar-refractivity contribution < 1.29 is 9.18 Å². The second-order valence-corrected chi connectivity index (χ2v) is 4.18. The lowest BCUT2D eigenvalue weighted by atomic mass is 9.87. The van der Waals surface area contributed by atoms with E-state index in [0.29, 0.717) is 6.42 Å². The molecule has 15 heavy (non-hydrogen) atoms. The zero-order valence-electron chi connectivity index (χ0n) is 9.33.